The third-order valence-corrected chi connectivity index (χ3v) is 4.80. The minimum atomic E-state index is -0.00885. The standard InChI is InChI=1S/C22H29N3O3/c1-3-16-28-21-7-5-4-6-20(21)23-22(26)17-24-12-14-25(15-13-24)18-8-10-19(27-2)11-9-18/h4-11H,3,12-17H2,1-2H3,(H,23,26). The first kappa shape index (κ1) is 20.0. The molecule has 1 heterocycles. The van der Waals surface area contributed by atoms with Crippen molar-refractivity contribution in [2.24, 2.45) is 0 Å². The van der Waals surface area contributed by atoms with Crippen molar-refractivity contribution < 1.29 is 14.3 Å². The van der Waals surface area contributed by atoms with Gasteiger partial charge in [-0.25, -0.2) is 0 Å². The summed E-state index contributed by atoms with van der Waals surface area (Å²) in [6.07, 6.45) is 0.931. The fourth-order valence-corrected chi connectivity index (χ4v) is 3.26. The molecular formula is C22H29N3O3. The normalized spacial score (nSPS) is 14.6. The molecule has 6 heteroatoms. The summed E-state index contributed by atoms with van der Waals surface area (Å²) < 4.78 is 10.9. The monoisotopic (exact) mass is 383 g/mol. The van der Waals surface area contributed by atoms with Gasteiger partial charge in [-0.05, 0) is 42.8 Å². The van der Waals surface area contributed by atoms with Gasteiger partial charge < -0.3 is 19.7 Å². The van der Waals surface area contributed by atoms with Crippen molar-refractivity contribution in [3.63, 3.8) is 0 Å². The summed E-state index contributed by atoms with van der Waals surface area (Å²) in [4.78, 5) is 17.0. The highest BCUT2D eigenvalue weighted by Crippen LogP contribution is 2.24. The number of methoxy groups -OCH3 is 1. The van der Waals surface area contributed by atoms with Crippen molar-refractivity contribution in [3.05, 3.63) is 48.5 Å². The van der Waals surface area contributed by atoms with Crippen LogP contribution in [0.15, 0.2) is 48.5 Å². The third-order valence-electron chi connectivity index (χ3n) is 4.80. The van der Waals surface area contributed by atoms with Crippen molar-refractivity contribution in [3.8, 4) is 11.5 Å². The second kappa shape index (κ2) is 9.99. The van der Waals surface area contributed by atoms with Gasteiger partial charge in [0.1, 0.15) is 11.5 Å². The van der Waals surface area contributed by atoms with Gasteiger partial charge in [0.2, 0.25) is 5.91 Å². The van der Waals surface area contributed by atoms with Crippen LogP contribution in [0.25, 0.3) is 0 Å². The lowest BCUT2D eigenvalue weighted by Crippen LogP contribution is -2.48. The summed E-state index contributed by atoms with van der Waals surface area (Å²) >= 11 is 0. The number of carbonyl (C=O) groups is 1. The Balaban J connectivity index is 1.48. The zero-order valence-electron chi connectivity index (χ0n) is 16.7. The van der Waals surface area contributed by atoms with Gasteiger partial charge in [-0.3, -0.25) is 9.69 Å². The first-order chi connectivity index (χ1) is 13.7. The topological polar surface area (TPSA) is 54.0 Å². The summed E-state index contributed by atoms with van der Waals surface area (Å²) in [5.41, 5.74) is 1.92. The number of para-hydroxylation sites is 2. The summed E-state index contributed by atoms with van der Waals surface area (Å²) in [6, 6.07) is 15.7. The van der Waals surface area contributed by atoms with E-state index in [4.69, 9.17) is 9.47 Å². The molecule has 6 nitrogen and oxygen atoms in total. The second-order valence-corrected chi connectivity index (χ2v) is 6.85. The number of hydrogen-bond donors (Lipinski definition) is 1. The molecule has 1 amide bonds. The average Bonchev–Trinajstić information content (AvgIpc) is 2.74. The van der Waals surface area contributed by atoms with Crippen LogP contribution in [0.2, 0.25) is 0 Å². The van der Waals surface area contributed by atoms with Gasteiger partial charge in [0.05, 0.1) is 25.9 Å². The molecule has 28 heavy (non-hydrogen) atoms. The average molecular weight is 383 g/mol. The van der Waals surface area contributed by atoms with E-state index in [1.807, 2.05) is 36.4 Å². The molecule has 1 aliphatic heterocycles. The van der Waals surface area contributed by atoms with Crippen LogP contribution in [0.3, 0.4) is 0 Å². The van der Waals surface area contributed by atoms with E-state index in [9.17, 15) is 4.79 Å². The Hall–Kier alpha value is -2.73. The van der Waals surface area contributed by atoms with Gasteiger partial charge in [-0.2, -0.15) is 0 Å². The van der Waals surface area contributed by atoms with Crippen molar-refractivity contribution in [1.29, 1.82) is 0 Å². The van der Waals surface area contributed by atoms with Crippen LogP contribution in [-0.4, -0.2) is 57.2 Å². The minimum Gasteiger partial charge on any atom is -0.497 e. The summed E-state index contributed by atoms with van der Waals surface area (Å²) in [5, 5.41) is 2.99. The van der Waals surface area contributed by atoms with E-state index in [0.29, 0.717) is 13.2 Å². The molecule has 0 aliphatic carbocycles. The molecule has 1 saturated heterocycles. The van der Waals surface area contributed by atoms with Crippen LogP contribution in [0.1, 0.15) is 13.3 Å². The van der Waals surface area contributed by atoms with Gasteiger partial charge in [0.25, 0.3) is 0 Å². The molecule has 0 spiro atoms. The predicted octanol–water partition coefficient (Wildman–Crippen LogP) is 3.24. The van der Waals surface area contributed by atoms with Crippen LogP contribution in [0, 0.1) is 0 Å². The third kappa shape index (κ3) is 5.39. The van der Waals surface area contributed by atoms with Crippen LogP contribution in [0.4, 0.5) is 11.4 Å². The van der Waals surface area contributed by atoms with Crippen LogP contribution in [0.5, 0.6) is 11.5 Å². The Morgan fingerprint density at radius 1 is 1.04 bits per heavy atom. The maximum Gasteiger partial charge on any atom is 0.238 e. The molecule has 1 aliphatic rings. The van der Waals surface area contributed by atoms with E-state index in [2.05, 4.69) is 34.2 Å². The first-order valence-electron chi connectivity index (χ1n) is 9.82. The van der Waals surface area contributed by atoms with Gasteiger partial charge in [0.15, 0.2) is 0 Å². The van der Waals surface area contributed by atoms with Gasteiger partial charge >= 0.3 is 0 Å². The highest BCUT2D eigenvalue weighted by Gasteiger charge is 2.19. The largest absolute Gasteiger partial charge is 0.497 e. The van der Waals surface area contributed by atoms with E-state index in [0.717, 1.165) is 49.8 Å². The molecule has 0 radical (unpaired) electrons. The Bertz CT molecular complexity index is 756. The summed E-state index contributed by atoms with van der Waals surface area (Å²) in [5.74, 6) is 1.58. The summed E-state index contributed by atoms with van der Waals surface area (Å²) in [7, 11) is 1.67. The highest BCUT2D eigenvalue weighted by atomic mass is 16.5. The fourth-order valence-electron chi connectivity index (χ4n) is 3.26. The number of anilines is 2. The molecule has 0 unspecified atom stereocenters. The number of piperazine rings is 1. The first-order valence-corrected chi connectivity index (χ1v) is 9.82. The smallest absolute Gasteiger partial charge is 0.238 e. The number of amides is 1. The lowest BCUT2D eigenvalue weighted by atomic mass is 10.2. The molecule has 0 atom stereocenters. The highest BCUT2D eigenvalue weighted by molar-refractivity contribution is 5.93. The van der Waals surface area contributed by atoms with E-state index in [1.54, 1.807) is 7.11 Å². The van der Waals surface area contributed by atoms with Crippen molar-refractivity contribution >= 4 is 17.3 Å². The molecule has 2 aromatic carbocycles. The van der Waals surface area contributed by atoms with E-state index < -0.39 is 0 Å². The number of nitrogens with one attached hydrogen (secondary N) is 1. The van der Waals surface area contributed by atoms with Crippen molar-refractivity contribution in [1.82, 2.24) is 4.90 Å². The Kier molecular flexibility index (Phi) is 7.14. The summed E-state index contributed by atoms with van der Waals surface area (Å²) in [6.45, 7) is 6.60. The molecule has 0 bridgehead atoms. The molecule has 1 N–H and O–H groups in total. The quantitative estimate of drug-likeness (QED) is 0.758. The zero-order chi connectivity index (χ0) is 19.8. The SMILES string of the molecule is CCCOc1ccccc1NC(=O)CN1CCN(c2ccc(OC)cc2)CC1. The lowest BCUT2D eigenvalue weighted by Gasteiger charge is -2.35. The fraction of sp³-hybridized carbons (Fsp3) is 0.409. The number of rotatable bonds is 8. The minimum absolute atomic E-state index is 0.00885. The number of carbonyl (C=O) groups excluding carboxylic acids is 1. The van der Waals surface area contributed by atoms with E-state index in [1.165, 1.54) is 5.69 Å². The second-order valence-electron chi connectivity index (χ2n) is 6.85. The van der Waals surface area contributed by atoms with Crippen LogP contribution >= 0.6 is 0 Å². The Morgan fingerprint density at radius 3 is 2.43 bits per heavy atom. The molecule has 1 fully saturated rings. The molecule has 0 saturated carbocycles. The molecular weight excluding hydrogens is 354 g/mol. The predicted molar refractivity (Wildman–Crippen MR) is 113 cm³/mol. The number of ether oxygens (including phenoxy) is 2. The maximum absolute atomic E-state index is 12.5. The number of hydrogen-bond acceptors (Lipinski definition) is 5. The van der Waals surface area contributed by atoms with Crippen LogP contribution in [-0.2, 0) is 4.79 Å². The maximum atomic E-state index is 12.5. The Morgan fingerprint density at radius 2 is 1.75 bits per heavy atom. The lowest BCUT2D eigenvalue weighted by molar-refractivity contribution is -0.117. The van der Waals surface area contributed by atoms with E-state index >= 15 is 0 Å². The molecule has 2 aromatic rings. The molecule has 3 rings (SSSR count). The van der Waals surface area contributed by atoms with E-state index in [-0.39, 0.29) is 5.91 Å². The van der Waals surface area contributed by atoms with Gasteiger partial charge in [-0.1, -0.05) is 19.1 Å². The Labute approximate surface area is 167 Å². The van der Waals surface area contributed by atoms with Crippen molar-refractivity contribution in [2.75, 3.05) is 56.7 Å². The number of benzene rings is 2. The van der Waals surface area contributed by atoms with Gasteiger partial charge in [-0.15, -0.1) is 0 Å². The van der Waals surface area contributed by atoms with Gasteiger partial charge in [0, 0.05) is 31.9 Å². The molecule has 150 valence electrons. The zero-order valence-corrected chi connectivity index (χ0v) is 16.7. The molecule has 0 aromatic heterocycles. The van der Waals surface area contributed by atoms with Crippen LogP contribution < -0.4 is 19.7 Å². The number of nitrogens with zero attached hydrogens (tertiary/aromatic N) is 2. The van der Waals surface area contributed by atoms with Crippen molar-refractivity contribution in [2.45, 2.75) is 13.3 Å².